The molecular weight excluding hydrogens is 526 g/mol. The van der Waals surface area contributed by atoms with Crippen molar-refractivity contribution in [3.63, 3.8) is 0 Å². The van der Waals surface area contributed by atoms with Crippen molar-refractivity contribution in [3.05, 3.63) is 124 Å². The van der Waals surface area contributed by atoms with Crippen molar-refractivity contribution < 1.29 is 22.4 Å². The molecule has 1 amide bonds. The third kappa shape index (κ3) is 5.49. The van der Waals surface area contributed by atoms with Crippen LogP contribution in [0.4, 0.5) is 17.6 Å². The molecule has 1 N–H and O–H groups in total. The highest BCUT2D eigenvalue weighted by atomic mass is 19.4. The molecule has 0 spiro atoms. The number of halogens is 4. The van der Waals surface area contributed by atoms with E-state index in [1.54, 1.807) is 37.4 Å². The summed E-state index contributed by atoms with van der Waals surface area (Å²) < 4.78 is 54.1. The summed E-state index contributed by atoms with van der Waals surface area (Å²) in [4.78, 5) is 40.7. The van der Waals surface area contributed by atoms with E-state index in [4.69, 9.17) is 4.98 Å². The summed E-state index contributed by atoms with van der Waals surface area (Å²) in [6.45, 7) is 1.71. The van der Waals surface area contributed by atoms with Crippen LogP contribution in [0.2, 0.25) is 0 Å². The normalized spacial score (nSPS) is 12.4. The van der Waals surface area contributed by atoms with Gasteiger partial charge in [-0.15, -0.1) is 0 Å². The minimum absolute atomic E-state index is 0.0136. The highest BCUT2D eigenvalue weighted by Crippen LogP contribution is 2.30. The highest BCUT2D eigenvalue weighted by molar-refractivity contribution is 5.80. The van der Waals surface area contributed by atoms with Crippen molar-refractivity contribution in [1.82, 2.24) is 24.4 Å². The van der Waals surface area contributed by atoms with Crippen molar-refractivity contribution in [2.45, 2.75) is 32.1 Å². The van der Waals surface area contributed by atoms with Gasteiger partial charge in [0.15, 0.2) is 0 Å². The average Bonchev–Trinajstić information content (AvgIpc) is 3.45. The van der Waals surface area contributed by atoms with Crippen molar-refractivity contribution in [1.29, 1.82) is 0 Å². The van der Waals surface area contributed by atoms with Gasteiger partial charge >= 0.3 is 6.18 Å². The molecule has 1 atom stereocenters. The first-order chi connectivity index (χ1) is 19.1. The van der Waals surface area contributed by atoms with E-state index in [1.165, 1.54) is 52.1 Å². The molecule has 0 saturated heterocycles. The number of imidazole rings is 1. The number of carbonyl (C=O) groups is 1. The highest BCUT2D eigenvalue weighted by Gasteiger charge is 2.31. The van der Waals surface area contributed by atoms with Crippen molar-refractivity contribution in [2.75, 3.05) is 0 Å². The van der Waals surface area contributed by atoms with Crippen LogP contribution in [0.5, 0.6) is 0 Å². The van der Waals surface area contributed by atoms with Gasteiger partial charge in [0, 0.05) is 12.4 Å². The number of nitrogens with zero attached hydrogens (tertiary/aromatic N) is 4. The predicted molar refractivity (Wildman–Crippen MR) is 140 cm³/mol. The number of carbonyl (C=O) groups excluding carboxylic acids is 1. The third-order valence-electron chi connectivity index (χ3n) is 6.56. The van der Waals surface area contributed by atoms with Crippen molar-refractivity contribution >= 4 is 16.8 Å². The molecule has 3 aromatic carbocycles. The number of amides is 1. The number of hydrogen-bond acceptors (Lipinski definition) is 4. The van der Waals surface area contributed by atoms with Gasteiger partial charge < -0.3 is 9.88 Å². The summed E-state index contributed by atoms with van der Waals surface area (Å²) >= 11 is 0. The van der Waals surface area contributed by atoms with Crippen LogP contribution in [0.3, 0.4) is 0 Å². The van der Waals surface area contributed by atoms with Gasteiger partial charge in [-0.05, 0) is 61.0 Å². The summed E-state index contributed by atoms with van der Waals surface area (Å²) in [6.07, 6.45) is -1.56. The van der Waals surface area contributed by atoms with Gasteiger partial charge in [0.2, 0.25) is 5.91 Å². The molecule has 5 rings (SSSR count). The first-order valence-electron chi connectivity index (χ1n) is 12.3. The van der Waals surface area contributed by atoms with E-state index in [-0.39, 0.29) is 18.8 Å². The van der Waals surface area contributed by atoms with Crippen LogP contribution in [-0.4, -0.2) is 30.3 Å². The smallest absolute Gasteiger partial charge is 0.347 e. The predicted octanol–water partition coefficient (Wildman–Crippen LogP) is 5.60. The molecule has 0 saturated carbocycles. The number of nitrogens with one attached hydrogen (secondary N) is 1. The largest absolute Gasteiger partial charge is 0.416 e. The van der Waals surface area contributed by atoms with Crippen molar-refractivity contribution in [2.24, 2.45) is 0 Å². The number of fused-ring (bicyclic) bond motifs is 1. The van der Waals surface area contributed by atoms with E-state index >= 15 is 0 Å². The van der Waals surface area contributed by atoms with Crippen LogP contribution >= 0.6 is 0 Å². The Morgan fingerprint density at radius 1 is 1.02 bits per heavy atom. The molecule has 7 nitrogen and oxygen atoms in total. The molecule has 11 heteroatoms. The fourth-order valence-corrected chi connectivity index (χ4v) is 4.48. The summed E-state index contributed by atoms with van der Waals surface area (Å²) in [5.41, 5.74) is -0.0436. The fourth-order valence-electron chi connectivity index (χ4n) is 4.48. The lowest BCUT2D eigenvalue weighted by Crippen LogP contribution is -2.38. The number of benzene rings is 3. The number of hydrogen-bond donors (Lipinski definition) is 1. The van der Waals surface area contributed by atoms with Crippen molar-refractivity contribution in [3.8, 4) is 5.69 Å². The number of alkyl halides is 3. The zero-order valence-corrected chi connectivity index (χ0v) is 21.2. The molecule has 0 bridgehead atoms. The molecule has 2 heterocycles. The molecule has 0 unspecified atom stereocenters. The topological polar surface area (TPSA) is 83.9 Å². The Morgan fingerprint density at radius 3 is 2.38 bits per heavy atom. The molecule has 0 aliphatic heterocycles. The first-order valence-corrected chi connectivity index (χ1v) is 12.3. The molecule has 0 aliphatic rings. The lowest BCUT2D eigenvalue weighted by Gasteiger charge is -2.30. The number of aromatic nitrogens is 4. The van der Waals surface area contributed by atoms with Crippen LogP contribution in [0, 0.1) is 5.82 Å². The molecule has 0 radical (unpaired) electrons. The minimum atomic E-state index is -4.49. The Hall–Kier alpha value is -4.80. The van der Waals surface area contributed by atoms with E-state index in [0.29, 0.717) is 28.0 Å². The van der Waals surface area contributed by atoms with Crippen LogP contribution < -0.4 is 5.56 Å². The Bertz CT molecular complexity index is 1700. The second-order valence-corrected chi connectivity index (χ2v) is 9.21. The Kier molecular flexibility index (Phi) is 7.20. The molecule has 5 aromatic rings. The molecular formula is C29H23F4N5O2. The summed E-state index contributed by atoms with van der Waals surface area (Å²) in [5.74, 6) is -0.213. The van der Waals surface area contributed by atoms with Gasteiger partial charge in [-0.1, -0.05) is 24.3 Å². The van der Waals surface area contributed by atoms with E-state index in [9.17, 15) is 27.2 Å². The number of aromatic amines is 1. The second-order valence-electron chi connectivity index (χ2n) is 9.21. The standard InChI is InChI=1S/C29H23F4N5O2/c1-18(27-36-24-5-3-2-4-23(24)28(40)38(27)22-12-10-21(30)11-13-22)37(17-25-34-14-15-35-25)26(39)16-19-6-8-20(9-7-19)29(31,32)33/h2-15,18H,16-17H2,1H3,(H,34,35)/t18-/m1/s1. The maximum Gasteiger partial charge on any atom is 0.416 e. The molecule has 40 heavy (non-hydrogen) atoms. The van der Waals surface area contributed by atoms with E-state index in [0.717, 1.165) is 12.1 Å². The average molecular weight is 550 g/mol. The zero-order valence-electron chi connectivity index (χ0n) is 21.2. The van der Waals surface area contributed by atoms with E-state index in [2.05, 4.69) is 9.97 Å². The summed E-state index contributed by atoms with van der Waals surface area (Å²) in [6, 6.07) is 15.7. The Balaban J connectivity index is 1.58. The monoisotopic (exact) mass is 549 g/mol. The number of para-hydroxylation sites is 1. The second kappa shape index (κ2) is 10.8. The van der Waals surface area contributed by atoms with E-state index in [1.807, 2.05) is 0 Å². The summed E-state index contributed by atoms with van der Waals surface area (Å²) in [7, 11) is 0. The van der Waals surface area contributed by atoms with Gasteiger partial charge in [-0.25, -0.2) is 14.4 Å². The first kappa shape index (κ1) is 26.8. The third-order valence-corrected chi connectivity index (χ3v) is 6.56. The van der Waals surface area contributed by atoms with Gasteiger partial charge in [0.25, 0.3) is 5.56 Å². The molecule has 2 aromatic heterocycles. The SMILES string of the molecule is C[C@H](c1nc2ccccc2c(=O)n1-c1ccc(F)cc1)N(Cc1ncc[nH]1)C(=O)Cc1ccc(C(F)(F)F)cc1. The molecule has 0 fully saturated rings. The van der Waals surface area contributed by atoms with Crippen LogP contribution in [0.1, 0.15) is 35.7 Å². The quantitative estimate of drug-likeness (QED) is 0.268. The fraction of sp³-hybridized carbons (Fsp3) is 0.172. The maximum atomic E-state index is 13.7. The lowest BCUT2D eigenvalue weighted by molar-refractivity contribution is -0.137. The molecule has 204 valence electrons. The minimum Gasteiger partial charge on any atom is -0.347 e. The van der Waals surface area contributed by atoms with Gasteiger partial charge in [-0.3, -0.25) is 14.2 Å². The van der Waals surface area contributed by atoms with E-state index < -0.39 is 35.1 Å². The van der Waals surface area contributed by atoms with Crippen LogP contribution in [0.15, 0.2) is 90.0 Å². The Morgan fingerprint density at radius 2 is 1.73 bits per heavy atom. The molecule has 0 aliphatic carbocycles. The summed E-state index contributed by atoms with van der Waals surface area (Å²) in [5, 5.41) is 0.344. The Labute approximate surface area is 225 Å². The number of rotatable bonds is 7. The zero-order chi connectivity index (χ0) is 28.4. The maximum absolute atomic E-state index is 13.7. The van der Waals surface area contributed by atoms with Crippen LogP contribution in [0.25, 0.3) is 16.6 Å². The van der Waals surface area contributed by atoms with Crippen LogP contribution in [-0.2, 0) is 23.9 Å². The van der Waals surface area contributed by atoms with Gasteiger partial charge in [-0.2, -0.15) is 13.2 Å². The van der Waals surface area contributed by atoms with Gasteiger partial charge in [0.1, 0.15) is 17.5 Å². The van der Waals surface area contributed by atoms with Gasteiger partial charge in [0.05, 0.1) is 41.2 Å². The lowest BCUT2D eigenvalue weighted by atomic mass is 10.1. The number of H-pyrrole nitrogens is 1.